The summed E-state index contributed by atoms with van der Waals surface area (Å²) in [6, 6.07) is 14.3. The van der Waals surface area contributed by atoms with E-state index >= 15 is 0 Å². The van der Waals surface area contributed by atoms with E-state index in [9.17, 15) is 22.8 Å². The predicted molar refractivity (Wildman–Crippen MR) is 107 cm³/mol. The Labute approximate surface area is 169 Å². The minimum atomic E-state index is -3.18. The highest BCUT2D eigenvalue weighted by Gasteiger charge is 2.21. The summed E-state index contributed by atoms with van der Waals surface area (Å²) >= 11 is 0. The number of benzene rings is 2. The van der Waals surface area contributed by atoms with Crippen LogP contribution in [0.15, 0.2) is 54.6 Å². The van der Waals surface area contributed by atoms with Crippen LogP contribution in [0.5, 0.6) is 0 Å². The number of amides is 3. The van der Waals surface area contributed by atoms with Gasteiger partial charge >= 0.3 is 12.0 Å². The van der Waals surface area contributed by atoms with Gasteiger partial charge < -0.3 is 10.1 Å². The Balaban J connectivity index is 1.83. The van der Waals surface area contributed by atoms with Gasteiger partial charge in [0.1, 0.15) is 0 Å². The summed E-state index contributed by atoms with van der Waals surface area (Å²) in [4.78, 5) is 36.0. The molecule has 29 heavy (non-hydrogen) atoms. The van der Waals surface area contributed by atoms with Crippen molar-refractivity contribution in [2.45, 2.75) is 25.3 Å². The van der Waals surface area contributed by atoms with Gasteiger partial charge in [-0.15, -0.1) is 0 Å². The van der Waals surface area contributed by atoms with Gasteiger partial charge in [0, 0.05) is 12.8 Å². The third-order valence-electron chi connectivity index (χ3n) is 3.80. The number of rotatable bonds is 7. The van der Waals surface area contributed by atoms with Gasteiger partial charge in [-0.25, -0.2) is 18.0 Å². The molecule has 0 unspecified atom stereocenters. The van der Waals surface area contributed by atoms with Gasteiger partial charge in [-0.05, 0) is 30.2 Å². The largest absolute Gasteiger partial charge is 0.449 e. The van der Waals surface area contributed by atoms with Crippen LogP contribution < -0.4 is 10.6 Å². The summed E-state index contributed by atoms with van der Waals surface area (Å²) in [5.41, 5.74) is 1.56. The molecular weight excluding hydrogens is 396 g/mol. The van der Waals surface area contributed by atoms with Gasteiger partial charge in [-0.2, -0.15) is 0 Å². The normalized spacial score (nSPS) is 11.9. The van der Waals surface area contributed by atoms with E-state index in [0.29, 0.717) is 5.56 Å². The summed E-state index contributed by atoms with van der Waals surface area (Å²) in [5.74, 6) is -1.67. The Kier molecular flexibility index (Phi) is 7.49. The first kappa shape index (κ1) is 22.1. The predicted octanol–water partition coefficient (Wildman–Crippen LogP) is 1.80. The highest BCUT2D eigenvalue weighted by atomic mass is 32.2. The Hall–Kier alpha value is -3.20. The molecule has 0 bridgehead atoms. The molecular formula is C20H22N2O6S. The number of carbonyl (C=O) groups is 3. The zero-order valence-corrected chi connectivity index (χ0v) is 16.9. The van der Waals surface area contributed by atoms with Crippen molar-refractivity contribution in [2.24, 2.45) is 0 Å². The highest BCUT2D eigenvalue weighted by Crippen LogP contribution is 2.10. The van der Waals surface area contributed by atoms with Crippen LogP contribution in [-0.4, -0.2) is 38.7 Å². The summed E-state index contributed by atoms with van der Waals surface area (Å²) in [7, 11) is -3.18. The minimum Gasteiger partial charge on any atom is -0.449 e. The SMILES string of the molecule is C[C@@H](OC(=O)c1ccc(CS(C)(=O)=O)cc1)C(=O)NC(=O)NCc1ccccc1. The van der Waals surface area contributed by atoms with Crippen LogP contribution in [0.25, 0.3) is 0 Å². The van der Waals surface area contributed by atoms with E-state index in [-0.39, 0.29) is 17.9 Å². The van der Waals surface area contributed by atoms with Crippen LogP contribution in [0.4, 0.5) is 4.79 Å². The van der Waals surface area contributed by atoms with Crippen LogP contribution in [0.1, 0.15) is 28.4 Å². The van der Waals surface area contributed by atoms with Crippen molar-refractivity contribution < 1.29 is 27.5 Å². The van der Waals surface area contributed by atoms with Gasteiger partial charge in [0.15, 0.2) is 15.9 Å². The second kappa shape index (κ2) is 9.83. The lowest BCUT2D eigenvalue weighted by molar-refractivity contribution is -0.127. The van der Waals surface area contributed by atoms with Crippen molar-refractivity contribution in [3.05, 3.63) is 71.3 Å². The summed E-state index contributed by atoms with van der Waals surface area (Å²) in [6.45, 7) is 1.59. The first-order chi connectivity index (χ1) is 13.6. The Morgan fingerprint density at radius 1 is 0.966 bits per heavy atom. The van der Waals surface area contributed by atoms with Crippen LogP contribution >= 0.6 is 0 Å². The second-order valence-electron chi connectivity index (χ2n) is 6.47. The first-order valence-electron chi connectivity index (χ1n) is 8.74. The van der Waals surface area contributed by atoms with Crippen LogP contribution in [0, 0.1) is 0 Å². The van der Waals surface area contributed by atoms with Gasteiger partial charge in [-0.3, -0.25) is 10.1 Å². The van der Waals surface area contributed by atoms with Crippen molar-refractivity contribution in [3.8, 4) is 0 Å². The Bertz CT molecular complexity index is 972. The van der Waals surface area contributed by atoms with Crippen molar-refractivity contribution >= 4 is 27.7 Å². The molecule has 3 amide bonds. The Morgan fingerprint density at radius 3 is 2.17 bits per heavy atom. The van der Waals surface area contributed by atoms with E-state index in [2.05, 4.69) is 10.6 Å². The van der Waals surface area contributed by atoms with Crippen molar-refractivity contribution in [1.82, 2.24) is 10.6 Å². The molecule has 0 aromatic heterocycles. The van der Waals surface area contributed by atoms with Gasteiger partial charge in [0.05, 0.1) is 11.3 Å². The highest BCUT2D eigenvalue weighted by molar-refractivity contribution is 7.89. The molecule has 0 fully saturated rings. The molecule has 0 aliphatic rings. The number of nitrogens with one attached hydrogen (secondary N) is 2. The number of hydrogen-bond acceptors (Lipinski definition) is 6. The molecule has 0 saturated carbocycles. The van der Waals surface area contributed by atoms with E-state index in [4.69, 9.17) is 4.74 Å². The van der Waals surface area contributed by atoms with E-state index in [1.807, 2.05) is 30.3 Å². The number of esters is 1. The maximum absolute atomic E-state index is 12.1. The number of hydrogen-bond donors (Lipinski definition) is 2. The van der Waals surface area contributed by atoms with E-state index in [0.717, 1.165) is 11.8 Å². The lowest BCUT2D eigenvalue weighted by atomic mass is 10.1. The molecule has 2 aromatic carbocycles. The molecule has 154 valence electrons. The maximum atomic E-state index is 12.1. The van der Waals surface area contributed by atoms with Gasteiger partial charge in [0.2, 0.25) is 0 Å². The first-order valence-corrected chi connectivity index (χ1v) is 10.8. The molecule has 0 spiro atoms. The molecule has 2 aromatic rings. The number of imide groups is 1. The van der Waals surface area contributed by atoms with E-state index < -0.39 is 33.8 Å². The lowest BCUT2D eigenvalue weighted by Gasteiger charge is -2.13. The molecule has 2 N–H and O–H groups in total. The average molecular weight is 418 g/mol. The molecule has 0 saturated heterocycles. The molecule has 0 radical (unpaired) electrons. The monoisotopic (exact) mass is 418 g/mol. The molecule has 0 heterocycles. The molecule has 9 heteroatoms. The lowest BCUT2D eigenvalue weighted by Crippen LogP contribution is -2.44. The minimum absolute atomic E-state index is 0.140. The smallest absolute Gasteiger partial charge is 0.338 e. The van der Waals surface area contributed by atoms with Crippen molar-refractivity contribution in [1.29, 1.82) is 0 Å². The molecule has 0 aliphatic heterocycles. The zero-order valence-electron chi connectivity index (χ0n) is 16.0. The summed E-state index contributed by atoms with van der Waals surface area (Å²) < 4.78 is 27.6. The fourth-order valence-electron chi connectivity index (χ4n) is 2.36. The molecule has 2 rings (SSSR count). The third kappa shape index (κ3) is 7.74. The second-order valence-corrected chi connectivity index (χ2v) is 8.61. The fraction of sp³-hybridized carbons (Fsp3) is 0.250. The van der Waals surface area contributed by atoms with Crippen molar-refractivity contribution in [2.75, 3.05) is 6.26 Å². The molecule has 8 nitrogen and oxygen atoms in total. The third-order valence-corrected chi connectivity index (χ3v) is 4.66. The van der Waals surface area contributed by atoms with Crippen molar-refractivity contribution in [3.63, 3.8) is 0 Å². The maximum Gasteiger partial charge on any atom is 0.338 e. The van der Waals surface area contributed by atoms with Crippen LogP contribution in [0.3, 0.4) is 0 Å². The number of ether oxygens (including phenoxy) is 1. The molecule has 1 atom stereocenters. The summed E-state index contributed by atoms with van der Waals surface area (Å²) in [5, 5.41) is 4.64. The standard InChI is InChI=1S/C20H22N2O6S/c1-14(18(23)22-20(25)21-12-15-6-4-3-5-7-15)28-19(24)17-10-8-16(9-11-17)13-29(2,26)27/h3-11,14H,12-13H2,1-2H3,(H2,21,22,23,25)/t14-/m1/s1. The average Bonchev–Trinajstić information content (AvgIpc) is 2.66. The Morgan fingerprint density at radius 2 is 1.59 bits per heavy atom. The topological polar surface area (TPSA) is 119 Å². The zero-order chi connectivity index (χ0) is 21.4. The summed E-state index contributed by atoms with van der Waals surface area (Å²) in [6.07, 6.45) is -0.0773. The van der Waals surface area contributed by atoms with Crippen LogP contribution in [-0.2, 0) is 31.7 Å². The fourth-order valence-corrected chi connectivity index (χ4v) is 3.16. The molecule has 0 aliphatic carbocycles. The van der Waals surface area contributed by atoms with Crippen LogP contribution in [0.2, 0.25) is 0 Å². The van der Waals surface area contributed by atoms with E-state index in [1.54, 1.807) is 0 Å². The number of carbonyl (C=O) groups excluding carboxylic acids is 3. The number of urea groups is 1. The van der Waals surface area contributed by atoms with Gasteiger partial charge in [0.25, 0.3) is 5.91 Å². The van der Waals surface area contributed by atoms with Gasteiger partial charge in [-0.1, -0.05) is 42.5 Å². The van der Waals surface area contributed by atoms with E-state index in [1.165, 1.54) is 31.2 Å². The quantitative estimate of drug-likeness (QED) is 0.662. The number of sulfone groups is 1.